The van der Waals surface area contributed by atoms with Crippen LogP contribution in [0.1, 0.15) is 38.4 Å². The summed E-state index contributed by atoms with van der Waals surface area (Å²) in [6.45, 7) is 4.47. The van der Waals surface area contributed by atoms with Crippen LogP contribution in [0.15, 0.2) is 62.7 Å². The topological polar surface area (TPSA) is 56.5 Å². The Balaban J connectivity index is 1.95. The Morgan fingerprint density at radius 2 is 1.74 bits per heavy atom. The normalized spacial score (nSPS) is 12.0. The molecule has 3 aromatic rings. The van der Waals surface area contributed by atoms with Crippen LogP contribution in [0.2, 0.25) is 0 Å². The lowest BCUT2D eigenvalue weighted by Crippen LogP contribution is -2.05. The third-order valence-electron chi connectivity index (χ3n) is 4.30. The maximum absolute atomic E-state index is 13.3. The average molecular weight is 451 g/mol. The molecule has 0 unspecified atom stereocenters. The van der Waals surface area contributed by atoms with Gasteiger partial charge in [-0.2, -0.15) is 0 Å². The molecule has 2 aromatic carbocycles. The van der Waals surface area contributed by atoms with Crippen LogP contribution < -0.4 is 4.74 Å². The van der Waals surface area contributed by atoms with Gasteiger partial charge in [0.15, 0.2) is 0 Å². The summed E-state index contributed by atoms with van der Waals surface area (Å²) >= 11 is 3.39. The molecular weight excluding hydrogens is 428 g/mol. The van der Waals surface area contributed by atoms with E-state index >= 15 is 0 Å². The van der Waals surface area contributed by atoms with E-state index in [1.165, 1.54) is 0 Å². The number of alkyl halides is 1. The molecular formula is C21H23BrO4S. The minimum Gasteiger partial charge on any atom is -0.494 e. The molecule has 0 radical (unpaired) electrons. The third kappa shape index (κ3) is 4.22. The molecule has 0 saturated carbocycles. The highest BCUT2D eigenvalue weighted by Gasteiger charge is 2.29. The fourth-order valence-corrected chi connectivity index (χ4v) is 5.04. The van der Waals surface area contributed by atoms with Crippen molar-refractivity contribution in [2.45, 2.75) is 42.4 Å². The molecule has 1 aromatic heterocycles. The monoisotopic (exact) mass is 450 g/mol. The van der Waals surface area contributed by atoms with Crippen molar-refractivity contribution in [3.8, 4) is 5.75 Å². The summed E-state index contributed by atoms with van der Waals surface area (Å²) in [4.78, 5) is 0.503. The van der Waals surface area contributed by atoms with Gasteiger partial charge < -0.3 is 9.15 Å². The van der Waals surface area contributed by atoms with Gasteiger partial charge in [0.2, 0.25) is 9.84 Å². The number of ether oxygens (including phenoxy) is 1. The molecule has 0 bridgehead atoms. The zero-order chi connectivity index (χ0) is 19.4. The van der Waals surface area contributed by atoms with Gasteiger partial charge in [0.05, 0.1) is 11.5 Å². The number of hydrogen-bond donors (Lipinski definition) is 0. The Labute approximate surface area is 168 Å². The van der Waals surface area contributed by atoms with Crippen molar-refractivity contribution in [3.63, 3.8) is 0 Å². The number of furan rings is 1. The van der Waals surface area contributed by atoms with E-state index in [2.05, 4.69) is 15.9 Å². The number of rotatable bonds is 8. The summed E-state index contributed by atoms with van der Waals surface area (Å²) in [5, 5.41) is 1.57. The van der Waals surface area contributed by atoms with Crippen LogP contribution in [0.3, 0.4) is 0 Å². The van der Waals surface area contributed by atoms with Gasteiger partial charge in [-0.25, -0.2) is 8.42 Å². The Hall–Kier alpha value is -1.79. The van der Waals surface area contributed by atoms with Crippen LogP contribution >= 0.6 is 15.9 Å². The number of fused-ring (bicyclic) bond motifs is 1. The fourth-order valence-electron chi connectivity index (χ4n) is 2.92. The molecule has 0 amide bonds. The van der Waals surface area contributed by atoms with Gasteiger partial charge in [-0.1, -0.05) is 41.9 Å². The molecule has 0 aliphatic carbocycles. The summed E-state index contributed by atoms with van der Waals surface area (Å²) < 4.78 is 38.2. The lowest BCUT2D eigenvalue weighted by Gasteiger charge is -2.09. The number of unbranched alkanes of at least 4 members (excludes halogenated alkanes) is 1. The number of hydrogen-bond acceptors (Lipinski definition) is 4. The second-order valence-electron chi connectivity index (χ2n) is 6.67. The number of sulfone groups is 1. The van der Waals surface area contributed by atoms with Crippen molar-refractivity contribution in [1.82, 2.24) is 0 Å². The minimum absolute atomic E-state index is 0.0424. The van der Waals surface area contributed by atoms with Crippen molar-refractivity contribution < 1.29 is 17.6 Å². The maximum Gasteiger partial charge on any atom is 0.210 e. The minimum atomic E-state index is -3.70. The van der Waals surface area contributed by atoms with Crippen LogP contribution in [0.5, 0.6) is 5.75 Å². The van der Waals surface area contributed by atoms with E-state index < -0.39 is 9.84 Å². The molecule has 3 rings (SSSR count). The molecule has 144 valence electrons. The van der Waals surface area contributed by atoms with Gasteiger partial charge in [-0.15, -0.1) is 0 Å². The highest BCUT2D eigenvalue weighted by Crippen LogP contribution is 2.37. The van der Waals surface area contributed by atoms with Crippen molar-refractivity contribution >= 4 is 36.7 Å². The number of halogens is 1. The summed E-state index contributed by atoms with van der Waals surface area (Å²) in [7, 11) is -3.70. The standard InChI is InChI=1S/C21H23BrO4S/c1-15(2)20-21(18-7-3-4-8-19(18)26-20)27(23,24)17-11-9-16(10-12-17)25-14-6-5-13-22/h3-4,7-12,15H,5-6,13-14H2,1-2H3. The summed E-state index contributed by atoms with van der Waals surface area (Å²) in [5.74, 6) is 1.12. The molecule has 0 N–H and O–H groups in total. The third-order valence-corrected chi connectivity index (χ3v) is 6.71. The smallest absolute Gasteiger partial charge is 0.210 e. The Bertz CT molecular complexity index is 1000. The highest BCUT2D eigenvalue weighted by atomic mass is 79.9. The van der Waals surface area contributed by atoms with E-state index in [9.17, 15) is 8.42 Å². The molecule has 0 aliphatic rings. The van der Waals surface area contributed by atoms with Crippen molar-refractivity contribution in [2.75, 3.05) is 11.9 Å². The molecule has 0 spiro atoms. The van der Waals surface area contributed by atoms with Gasteiger partial charge in [-0.3, -0.25) is 0 Å². The molecule has 27 heavy (non-hydrogen) atoms. The predicted molar refractivity (Wildman–Crippen MR) is 111 cm³/mol. The molecule has 0 saturated heterocycles. The van der Waals surface area contributed by atoms with Crippen molar-refractivity contribution in [3.05, 3.63) is 54.3 Å². The molecule has 0 fully saturated rings. The van der Waals surface area contributed by atoms with Crippen molar-refractivity contribution in [1.29, 1.82) is 0 Å². The van der Waals surface area contributed by atoms with Gasteiger partial charge >= 0.3 is 0 Å². The fraction of sp³-hybridized carbons (Fsp3) is 0.333. The first-order valence-electron chi connectivity index (χ1n) is 9.00. The first-order chi connectivity index (χ1) is 12.9. The van der Waals surface area contributed by atoms with Crippen LogP contribution in [-0.4, -0.2) is 20.4 Å². The lowest BCUT2D eigenvalue weighted by atomic mass is 10.1. The second kappa shape index (κ2) is 8.48. The number of para-hydroxylation sites is 1. The van der Waals surface area contributed by atoms with Gasteiger partial charge in [0.1, 0.15) is 22.0 Å². The molecule has 4 nitrogen and oxygen atoms in total. The summed E-state index contributed by atoms with van der Waals surface area (Å²) in [6, 6.07) is 13.9. The zero-order valence-corrected chi connectivity index (χ0v) is 17.8. The second-order valence-corrected chi connectivity index (χ2v) is 9.35. The van der Waals surface area contributed by atoms with Crippen molar-refractivity contribution in [2.24, 2.45) is 0 Å². The van der Waals surface area contributed by atoms with Crippen LogP contribution in [-0.2, 0) is 9.84 Å². The predicted octanol–water partition coefficient (Wildman–Crippen LogP) is 5.94. The Morgan fingerprint density at radius 1 is 1.04 bits per heavy atom. The highest BCUT2D eigenvalue weighted by molar-refractivity contribution is 9.09. The van der Waals surface area contributed by atoms with E-state index in [0.29, 0.717) is 29.1 Å². The van der Waals surface area contributed by atoms with E-state index in [-0.39, 0.29) is 15.7 Å². The van der Waals surface area contributed by atoms with E-state index in [4.69, 9.17) is 9.15 Å². The zero-order valence-electron chi connectivity index (χ0n) is 15.4. The first-order valence-corrected chi connectivity index (χ1v) is 11.6. The SMILES string of the molecule is CC(C)c1oc2ccccc2c1S(=O)(=O)c1ccc(OCCCCBr)cc1. The molecule has 1 heterocycles. The average Bonchev–Trinajstić information content (AvgIpc) is 3.06. The van der Waals surface area contributed by atoms with Gasteiger partial charge in [-0.05, 0) is 49.2 Å². The van der Waals surface area contributed by atoms with Crippen LogP contribution in [0, 0.1) is 0 Å². The summed E-state index contributed by atoms with van der Waals surface area (Å²) in [6.07, 6.45) is 1.99. The lowest BCUT2D eigenvalue weighted by molar-refractivity contribution is 0.310. The largest absolute Gasteiger partial charge is 0.494 e. The molecule has 6 heteroatoms. The Kier molecular flexibility index (Phi) is 6.27. The quantitative estimate of drug-likeness (QED) is 0.314. The summed E-state index contributed by atoms with van der Waals surface area (Å²) in [5.41, 5.74) is 0.589. The van der Waals surface area contributed by atoms with E-state index in [1.807, 2.05) is 26.0 Å². The van der Waals surface area contributed by atoms with E-state index in [0.717, 1.165) is 18.2 Å². The molecule has 0 aliphatic heterocycles. The molecule has 0 atom stereocenters. The van der Waals surface area contributed by atoms with Gasteiger partial charge in [0.25, 0.3) is 0 Å². The van der Waals surface area contributed by atoms with E-state index in [1.54, 1.807) is 36.4 Å². The number of benzene rings is 2. The first kappa shape index (κ1) is 20.0. The Morgan fingerprint density at radius 3 is 2.41 bits per heavy atom. The maximum atomic E-state index is 13.3. The van der Waals surface area contributed by atoms with Crippen LogP contribution in [0.4, 0.5) is 0 Å². The van der Waals surface area contributed by atoms with Gasteiger partial charge in [0, 0.05) is 16.6 Å². The van der Waals surface area contributed by atoms with Crippen LogP contribution in [0.25, 0.3) is 11.0 Å².